The van der Waals surface area contributed by atoms with Crippen LogP contribution in [0.15, 0.2) is 54.9 Å². The number of hydrogen-bond acceptors (Lipinski definition) is 6. The SMILES string of the molecule is COc1ccc(NC(=O)N2CCN(c3cc(-c4cc(F)ccc4OC)ncn3)CC2)cc1. The molecule has 4 rings (SSSR count). The third-order valence-electron chi connectivity index (χ3n) is 5.32. The van der Waals surface area contributed by atoms with Crippen LogP contribution in [0.2, 0.25) is 0 Å². The van der Waals surface area contributed by atoms with Crippen molar-refractivity contribution < 1.29 is 18.7 Å². The molecule has 0 saturated carbocycles. The van der Waals surface area contributed by atoms with Gasteiger partial charge in [-0.25, -0.2) is 19.2 Å². The van der Waals surface area contributed by atoms with E-state index in [1.165, 1.54) is 25.6 Å². The molecule has 1 aliphatic rings. The van der Waals surface area contributed by atoms with Gasteiger partial charge in [0.25, 0.3) is 0 Å². The number of rotatable bonds is 5. The number of nitrogens with one attached hydrogen (secondary N) is 1. The zero-order valence-electron chi connectivity index (χ0n) is 17.9. The lowest BCUT2D eigenvalue weighted by molar-refractivity contribution is 0.208. The Labute approximate surface area is 185 Å². The molecule has 3 aromatic rings. The molecule has 0 spiro atoms. The lowest BCUT2D eigenvalue weighted by Crippen LogP contribution is -2.50. The molecule has 1 N–H and O–H groups in total. The minimum absolute atomic E-state index is 0.150. The van der Waals surface area contributed by atoms with Crippen molar-refractivity contribution in [2.75, 3.05) is 50.6 Å². The van der Waals surface area contributed by atoms with Crippen molar-refractivity contribution in [3.05, 3.63) is 60.7 Å². The fourth-order valence-electron chi connectivity index (χ4n) is 3.56. The van der Waals surface area contributed by atoms with Gasteiger partial charge < -0.3 is 24.6 Å². The van der Waals surface area contributed by atoms with E-state index in [0.29, 0.717) is 48.9 Å². The van der Waals surface area contributed by atoms with Crippen molar-refractivity contribution in [1.29, 1.82) is 0 Å². The normalized spacial score (nSPS) is 13.6. The van der Waals surface area contributed by atoms with E-state index in [2.05, 4.69) is 20.2 Å². The third kappa shape index (κ3) is 4.72. The minimum Gasteiger partial charge on any atom is -0.497 e. The van der Waals surface area contributed by atoms with E-state index < -0.39 is 0 Å². The number of piperazine rings is 1. The summed E-state index contributed by atoms with van der Waals surface area (Å²) < 4.78 is 24.3. The van der Waals surface area contributed by atoms with E-state index >= 15 is 0 Å². The lowest BCUT2D eigenvalue weighted by atomic mass is 10.1. The molecule has 1 fully saturated rings. The molecule has 0 aliphatic carbocycles. The number of urea groups is 1. The predicted molar refractivity (Wildman–Crippen MR) is 120 cm³/mol. The molecule has 9 heteroatoms. The third-order valence-corrected chi connectivity index (χ3v) is 5.32. The van der Waals surface area contributed by atoms with Crippen LogP contribution < -0.4 is 19.7 Å². The molecular formula is C23H24FN5O3. The maximum atomic E-state index is 13.8. The van der Waals surface area contributed by atoms with Crippen LogP contribution >= 0.6 is 0 Å². The molecule has 0 bridgehead atoms. The number of anilines is 2. The quantitative estimate of drug-likeness (QED) is 0.656. The van der Waals surface area contributed by atoms with Gasteiger partial charge in [0.05, 0.1) is 19.9 Å². The molecule has 0 atom stereocenters. The van der Waals surface area contributed by atoms with E-state index in [1.54, 1.807) is 42.3 Å². The largest absolute Gasteiger partial charge is 0.497 e. The lowest BCUT2D eigenvalue weighted by Gasteiger charge is -2.35. The molecule has 2 aromatic carbocycles. The van der Waals surface area contributed by atoms with E-state index in [9.17, 15) is 9.18 Å². The molecule has 32 heavy (non-hydrogen) atoms. The first-order chi connectivity index (χ1) is 15.6. The van der Waals surface area contributed by atoms with E-state index in [4.69, 9.17) is 9.47 Å². The Kier molecular flexibility index (Phi) is 6.34. The van der Waals surface area contributed by atoms with Crippen LogP contribution in [0.25, 0.3) is 11.3 Å². The van der Waals surface area contributed by atoms with Gasteiger partial charge in [0, 0.05) is 43.5 Å². The molecule has 2 heterocycles. The van der Waals surface area contributed by atoms with E-state index in [-0.39, 0.29) is 11.8 Å². The van der Waals surface area contributed by atoms with Gasteiger partial charge in [-0.1, -0.05) is 0 Å². The topological polar surface area (TPSA) is 79.8 Å². The molecule has 0 unspecified atom stereocenters. The van der Waals surface area contributed by atoms with Gasteiger partial charge in [-0.2, -0.15) is 0 Å². The van der Waals surface area contributed by atoms with Crippen molar-refractivity contribution in [2.45, 2.75) is 0 Å². The summed E-state index contributed by atoms with van der Waals surface area (Å²) in [6, 6.07) is 13.2. The van der Waals surface area contributed by atoms with Gasteiger partial charge in [-0.05, 0) is 42.5 Å². The van der Waals surface area contributed by atoms with Gasteiger partial charge in [0.15, 0.2) is 0 Å². The summed E-state index contributed by atoms with van der Waals surface area (Å²) in [6.45, 7) is 2.33. The van der Waals surface area contributed by atoms with Crippen LogP contribution in [-0.4, -0.2) is 61.3 Å². The fourth-order valence-corrected chi connectivity index (χ4v) is 3.56. The number of hydrogen-bond donors (Lipinski definition) is 1. The van der Waals surface area contributed by atoms with Crippen LogP contribution in [0.4, 0.5) is 20.7 Å². The molecular weight excluding hydrogens is 413 g/mol. The number of methoxy groups -OCH3 is 2. The molecule has 0 radical (unpaired) electrons. The Morgan fingerprint density at radius 1 is 0.969 bits per heavy atom. The van der Waals surface area contributed by atoms with Crippen molar-refractivity contribution >= 4 is 17.5 Å². The smallest absolute Gasteiger partial charge is 0.321 e. The van der Waals surface area contributed by atoms with Crippen molar-refractivity contribution in [2.24, 2.45) is 0 Å². The molecule has 1 aromatic heterocycles. The first-order valence-electron chi connectivity index (χ1n) is 10.2. The summed E-state index contributed by atoms with van der Waals surface area (Å²) in [4.78, 5) is 25.1. The first-order valence-corrected chi connectivity index (χ1v) is 10.2. The van der Waals surface area contributed by atoms with Crippen molar-refractivity contribution in [3.63, 3.8) is 0 Å². The molecule has 2 amide bonds. The maximum Gasteiger partial charge on any atom is 0.321 e. The summed E-state index contributed by atoms with van der Waals surface area (Å²) in [7, 11) is 3.14. The van der Waals surface area contributed by atoms with Crippen LogP contribution in [-0.2, 0) is 0 Å². The summed E-state index contributed by atoms with van der Waals surface area (Å²) in [6.07, 6.45) is 1.46. The van der Waals surface area contributed by atoms with Crippen LogP contribution in [0.3, 0.4) is 0 Å². The Balaban J connectivity index is 1.40. The number of amides is 2. The first kappa shape index (κ1) is 21.4. The predicted octanol–water partition coefficient (Wildman–Crippen LogP) is 3.65. The molecule has 166 valence electrons. The standard InChI is InChI=1S/C23H24FN5O3/c1-31-18-6-4-17(5-7-18)27-23(30)29-11-9-28(10-12-29)22-14-20(25-15-26-22)19-13-16(24)3-8-21(19)32-2/h3-8,13-15H,9-12H2,1-2H3,(H,27,30). The van der Waals surface area contributed by atoms with Crippen molar-refractivity contribution in [3.8, 4) is 22.8 Å². The highest BCUT2D eigenvalue weighted by Gasteiger charge is 2.23. The second-order valence-electron chi connectivity index (χ2n) is 7.24. The Morgan fingerprint density at radius 2 is 1.72 bits per heavy atom. The number of carbonyl (C=O) groups is 1. The minimum atomic E-state index is -0.363. The number of ether oxygens (including phenoxy) is 2. The second-order valence-corrected chi connectivity index (χ2v) is 7.24. The summed E-state index contributed by atoms with van der Waals surface area (Å²) >= 11 is 0. The number of aromatic nitrogens is 2. The van der Waals surface area contributed by atoms with Crippen LogP contribution in [0.1, 0.15) is 0 Å². The average molecular weight is 437 g/mol. The van der Waals surface area contributed by atoms with Crippen molar-refractivity contribution in [1.82, 2.24) is 14.9 Å². The van der Waals surface area contributed by atoms with Gasteiger partial charge in [0.1, 0.15) is 29.5 Å². The van der Waals surface area contributed by atoms with Gasteiger partial charge in [-0.15, -0.1) is 0 Å². The number of halogens is 1. The van der Waals surface area contributed by atoms with Gasteiger partial charge >= 0.3 is 6.03 Å². The Hall–Kier alpha value is -3.88. The van der Waals surface area contributed by atoms with Gasteiger partial charge in [-0.3, -0.25) is 0 Å². The fraction of sp³-hybridized carbons (Fsp3) is 0.261. The zero-order chi connectivity index (χ0) is 22.5. The monoisotopic (exact) mass is 437 g/mol. The Morgan fingerprint density at radius 3 is 2.41 bits per heavy atom. The number of carbonyl (C=O) groups excluding carboxylic acids is 1. The highest BCUT2D eigenvalue weighted by atomic mass is 19.1. The summed E-state index contributed by atoms with van der Waals surface area (Å²) in [5, 5.41) is 2.90. The zero-order valence-corrected chi connectivity index (χ0v) is 17.9. The second kappa shape index (κ2) is 9.51. The molecule has 1 saturated heterocycles. The highest BCUT2D eigenvalue weighted by Crippen LogP contribution is 2.30. The average Bonchev–Trinajstić information content (AvgIpc) is 2.84. The van der Waals surface area contributed by atoms with Crippen LogP contribution in [0.5, 0.6) is 11.5 Å². The maximum absolute atomic E-state index is 13.8. The van der Waals surface area contributed by atoms with Crippen LogP contribution in [0, 0.1) is 5.82 Å². The number of nitrogens with zero attached hydrogens (tertiary/aromatic N) is 4. The molecule has 1 aliphatic heterocycles. The van der Waals surface area contributed by atoms with E-state index in [1.807, 2.05) is 6.07 Å². The Bertz CT molecular complexity index is 1090. The van der Waals surface area contributed by atoms with E-state index in [0.717, 1.165) is 11.6 Å². The highest BCUT2D eigenvalue weighted by molar-refractivity contribution is 5.89. The van der Waals surface area contributed by atoms with Gasteiger partial charge in [0.2, 0.25) is 0 Å². The molecule has 8 nitrogen and oxygen atoms in total. The summed E-state index contributed by atoms with van der Waals surface area (Å²) in [5.41, 5.74) is 1.85. The summed E-state index contributed by atoms with van der Waals surface area (Å²) in [5.74, 6) is 1.63. The number of benzene rings is 2.